The highest BCUT2D eigenvalue weighted by molar-refractivity contribution is 6.36. The molecule has 5 heteroatoms. The van der Waals surface area contributed by atoms with Crippen LogP contribution >= 0.6 is 11.6 Å². The number of benzene rings is 1. The molecule has 0 atom stereocenters. The van der Waals surface area contributed by atoms with Gasteiger partial charge in [-0.3, -0.25) is 5.10 Å². The van der Waals surface area contributed by atoms with Gasteiger partial charge in [0.25, 0.3) is 0 Å². The molecule has 0 aliphatic carbocycles. The Morgan fingerprint density at radius 2 is 2.00 bits per heavy atom. The van der Waals surface area contributed by atoms with E-state index in [9.17, 15) is 0 Å². The Hall–Kier alpha value is -1.26. The lowest BCUT2D eigenvalue weighted by atomic mass is 10.2. The molecule has 0 amide bonds. The number of nitrogens with one attached hydrogen (secondary N) is 1. The van der Waals surface area contributed by atoms with Crippen molar-refractivity contribution in [1.82, 2.24) is 15.1 Å². The third kappa shape index (κ3) is 1.87. The topological polar surface area (TPSA) is 35.2 Å². The zero-order valence-corrected chi connectivity index (χ0v) is 10.5. The van der Waals surface area contributed by atoms with E-state index in [4.69, 9.17) is 11.6 Å². The van der Waals surface area contributed by atoms with E-state index < -0.39 is 0 Å². The first kappa shape index (κ1) is 10.9. The third-order valence-electron chi connectivity index (χ3n) is 3.32. The SMILES string of the molecule is CN1CCN(c2n[nH]c3cccc(Cl)c23)CC1. The van der Waals surface area contributed by atoms with Gasteiger partial charge >= 0.3 is 0 Å². The van der Waals surface area contributed by atoms with Crippen LogP contribution in [0.2, 0.25) is 5.02 Å². The van der Waals surface area contributed by atoms with E-state index in [0.717, 1.165) is 47.9 Å². The average molecular weight is 251 g/mol. The number of anilines is 1. The zero-order chi connectivity index (χ0) is 11.8. The summed E-state index contributed by atoms with van der Waals surface area (Å²) in [7, 11) is 2.15. The van der Waals surface area contributed by atoms with Gasteiger partial charge in [0.1, 0.15) is 0 Å². The summed E-state index contributed by atoms with van der Waals surface area (Å²) in [6.07, 6.45) is 0. The first-order valence-electron chi connectivity index (χ1n) is 5.82. The summed E-state index contributed by atoms with van der Waals surface area (Å²) in [6.45, 7) is 4.14. The molecule has 90 valence electrons. The van der Waals surface area contributed by atoms with E-state index in [-0.39, 0.29) is 0 Å². The van der Waals surface area contributed by atoms with E-state index in [1.807, 2.05) is 18.2 Å². The number of piperazine rings is 1. The van der Waals surface area contributed by atoms with Crippen LogP contribution in [0.5, 0.6) is 0 Å². The first-order valence-corrected chi connectivity index (χ1v) is 6.19. The normalized spacial score (nSPS) is 17.9. The maximum absolute atomic E-state index is 6.25. The number of likely N-dealkylation sites (N-methyl/N-ethyl adjacent to an activating group) is 1. The summed E-state index contributed by atoms with van der Waals surface area (Å²) < 4.78 is 0. The van der Waals surface area contributed by atoms with E-state index in [1.54, 1.807) is 0 Å². The fourth-order valence-corrected chi connectivity index (χ4v) is 2.52. The van der Waals surface area contributed by atoms with Crippen LogP contribution in [0.4, 0.5) is 5.82 Å². The molecule has 0 saturated carbocycles. The van der Waals surface area contributed by atoms with Crippen LogP contribution in [0.3, 0.4) is 0 Å². The smallest absolute Gasteiger partial charge is 0.159 e. The Balaban J connectivity index is 2.00. The van der Waals surface area contributed by atoms with Crippen molar-refractivity contribution in [3.8, 4) is 0 Å². The van der Waals surface area contributed by atoms with Gasteiger partial charge in [-0.05, 0) is 19.2 Å². The van der Waals surface area contributed by atoms with Gasteiger partial charge < -0.3 is 9.80 Å². The largest absolute Gasteiger partial charge is 0.352 e. The summed E-state index contributed by atoms with van der Waals surface area (Å²) in [5.41, 5.74) is 1.01. The van der Waals surface area contributed by atoms with Gasteiger partial charge in [0, 0.05) is 26.2 Å². The Labute approximate surface area is 105 Å². The minimum Gasteiger partial charge on any atom is -0.352 e. The molecule has 1 aliphatic rings. The number of aromatic amines is 1. The average Bonchev–Trinajstić information content (AvgIpc) is 2.75. The van der Waals surface area contributed by atoms with Crippen molar-refractivity contribution in [2.45, 2.75) is 0 Å². The Kier molecular flexibility index (Phi) is 2.68. The molecule has 3 rings (SSSR count). The number of fused-ring (bicyclic) bond motifs is 1. The van der Waals surface area contributed by atoms with Crippen molar-refractivity contribution < 1.29 is 0 Å². The van der Waals surface area contributed by atoms with Crippen LogP contribution in [-0.4, -0.2) is 48.3 Å². The molecule has 0 unspecified atom stereocenters. The highest BCUT2D eigenvalue weighted by atomic mass is 35.5. The van der Waals surface area contributed by atoms with Crippen LogP contribution in [0, 0.1) is 0 Å². The summed E-state index contributed by atoms with van der Waals surface area (Å²) in [6, 6.07) is 5.86. The second-order valence-corrected chi connectivity index (χ2v) is 4.91. The maximum Gasteiger partial charge on any atom is 0.159 e. The molecule has 2 aromatic rings. The summed E-state index contributed by atoms with van der Waals surface area (Å²) in [5, 5.41) is 9.26. The second-order valence-electron chi connectivity index (χ2n) is 4.50. The molecular formula is C12H15ClN4. The molecule has 17 heavy (non-hydrogen) atoms. The van der Waals surface area contributed by atoms with E-state index >= 15 is 0 Å². The van der Waals surface area contributed by atoms with Crippen LogP contribution in [0.25, 0.3) is 10.9 Å². The number of aromatic nitrogens is 2. The Bertz CT molecular complexity index is 528. The van der Waals surface area contributed by atoms with Crippen molar-refractivity contribution in [2.75, 3.05) is 38.1 Å². The molecule has 1 aromatic carbocycles. The number of hydrogen-bond donors (Lipinski definition) is 1. The van der Waals surface area contributed by atoms with E-state index in [0.29, 0.717) is 0 Å². The maximum atomic E-state index is 6.25. The lowest BCUT2D eigenvalue weighted by molar-refractivity contribution is 0.312. The lowest BCUT2D eigenvalue weighted by Gasteiger charge is -2.32. The van der Waals surface area contributed by atoms with Crippen molar-refractivity contribution >= 4 is 28.3 Å². The first-order chi connectivity index (χ1) is 8.25. The lowest BCUT2D eigenvalue weighted by Crippen LogP contribution is -2.44. The molecule has 1 fully saturated rings. The third-order valence-corrected chi connectivity index (χ3v) is 3.64. The second kappa shape index (κ2) is 4.20. The van der Waals surface area contributed by atoms with Gasteiger partial charge in [0.15, 0.2) is 5.82 Å². The van der Waals surface area contributed by atoms with Gasteiger partial charge in [-0.25, -0.2) is 0 Å². The van der Waals surface area contributed by atoms with Crippen molar-refractivity contribution in [1.29, 1.82) is 0 Å². The zero-order valence-electron chi connectivity index (χ0n) is 9.78. The molecule has 0 spiro atoms. The van der Waals surface area contributed by atoms with Gasteiger partial charge in [0.2, 0.25) is 0 Å². The number of nitrogens with zero attached hydrogens (tertiary/aromatic N) is 3. The molecule has 1 N–H and O–H groups in total. The molecular weight excluding hydrogens is 236 g/mol. The van der Waals surface area contributed by atoms with E-state index in [1.165, 1.54) is 0 Å². The van der Waals surface area contributed by atoms with Gasteiger partial charge in [-0.15, -0.1) is 0 Å². The van der Waals surface area contributed by atoms with Gasteiger partial charge in [-0.1, -0.05) is 17.7 Å². The van der Waals surface area contributed by atoms with Crippen LogP contribution in [-0.2, 0) is 0 Å². The molecule has 4 nitrogen and oxygen atoms in total. The van der Waals surface area contributed by atoms with Crippen molar-refractivity contribution in [3.05, 3.63) is 23.2 Å². The number of H-pyrrole nitrogens is 1. The molecule has 2 heterocycles. The van der Waals surface area contributed by atoms with Gasteiger partial charge in [0.05, 0.1) is 15.9 Å². The van der Waals surface area contributed by atoms with Crippen LogP contribution < -0.4 is 4.90 Å². The molecule has 0 bridgehead atoms. The van der Waals surface area contributed by atoms with Crippen LogP contribution in [0.1, 0.15) is 0 Å². The summed E-state index contributed by atoms with van der Waals surface area (Å²) >= 11 is 6.25. The fourth-order valence-electron chi connectivity index (χ4n) is 2.26. The fraction of sp³-hybridized carbons (Fsp3) is 0.417. The Morgan fingerprint density at radius 1 is 1.24 bits per heavy atom. The number of halogens is 1. The van der Waals surface area contributed by atoms with E-state index in [2.05, 4.69) is 27.0 Å². The van der Waals surface area contributed by atoms with Crippen LogP contribution in [0.15, 0.2) is 18.2 Å². The van der Waals surface area contributed by atoms with Crippen molar-refractivity contribution in [2.24, 2.45) is 0 Å². The highest BCUT2D eigenvalue weighted by Crippen LogP contribution is 2.30. The minimum absolute atomic E-state index is 0.769. The quantitative estimate of drug-likeness (QED) is 0.841. The molecule has 1 aromatic heterocycles. The standard InChI is InChI=1S/C12H15ClN4/c1-16-5-7-17(8-6-16)12-11-9(13)3-2-4-10(11)14-15-12/h2-4H,5-8H2,1H3,(H,14,15). The molecule has 1 aliphatic heterocycles. The Morgan fingerprint density at radius 3 is 2.76 bits per heavy atom. The van der Waals surface area contributed by atoms with Crippen molar-refractivity contribution in [3.63, 3.8) is 0 Å². The highest BCUT2D eigenvalue weighted by Gasteiger charge is 2.19. The summed E-state index contributed by atoms with van der Waals surface area (Å²) in [5.74, 6) is 0.985. The summed E-state index contributed by atoms with van der Waals surface area (Å²) in [4.78, 5) is 4.62. The predicted molar refractivity (Wildman–Crippen MR) is 70.8 cm³/mol. The monoisotopic (exact) mass is 250 g/mol. The van der Waals surface area contributed by atoms with Gasteiger partial charge in [-0.2, -0.15) is 5.10 Å². The number of hydrogen-bond acceptors (Lipinski definition) is 3. The molecule has 0 radical (unpaired) electrons. The predicted octanol–water partition coefficient (Wildman–Crippen LogP) is 1.97. The minimum atomic E-state index is 0.769. The number of rotatable bonds is 1. The molecule has 1 saturated heterocycles.